The summed E-state index contributed by atoms with van der Waals surface area (Å²) in [6, 6.07) is 2.00. The van der Waals surface area contributed by atoms with Gasteiger partial charge in [-0.15, -0.1) is 11.3 Å². The van der Waals surface area contributed by atoms with Crippen molar-refractivity contribution in [2.45, 2.75) is 33.7 Å². The minimum Gasteiger partial charge on any atom is -0.479 e. The number of carboxylic acid groups (broad SMARTS) is 1. The predicted octanol–water partition coefficient (Wildman–Crippen LogP) is 2.86. The SMILES string of the molecule is CC(C)C(C)(C)CNC(=O)NC(C(=O)O)c1cccs1. The zero-order valence-corrected chi connectivity index (χ0v) is 13.1. The first-order valence-electron chi connectivity index (χ1n) is 6.54. The third kappa shape index (κ3) is 4.52. The lowest BCUT2D eigenvalue weighted by Gasteiger charge is -2.29. The Morgan fingerprint density at radius 1 is 1.40 bits per heavy atom. The van der Waals surface area contributed by atoms with Crippen LogP contribution in [-0.4, -0.2) is 23.7 Å². The Morgan fingerprint density at radius 3 is 2.50 bits per heavy atom. The van der Waals surface area contributed by atoms with E-state index in [2.05, 4.69) is 38.3 Å². The third-order valence-electron chi connectivity index (χ3n) is 3.62. The third-order valence-corrected chi connectivity index (χ3v) is 4.55. The van der Waals surface area contributed by atoms with Gasteiger partial charge in [0, 0.05) is 11.4 Å². The minimum absolute atomic E-state index is 0.0427. The van der Waals surface area contributed by atoms with Crippen LogP contribution in [0.1, 0.15) is 38.6 Å². The Morgan fingerprint density at radius 2 is 2.05 bits per heavy atom. The van der Waals surface area contributed by atoms with Crippen molar-refractivity contribution in [3.63, 3.8) is 0 Å². The maximum absolute atomic E-state index is 11.8. The van der Waals surface area contributed by atoms with Gasteiger partial charge in [-0.05, 0) is 22.8 Å². The lowest BCUT2D eigenvalue weighted by atomic mass is 9.81. The van der Waals surface area contributed by atoms with E-state index in [9.17, 15) is 14.7 Å². The second-order valence-electron chi connectivity index (χ2n) is 5.76. The Bertz CT molecular complexity index is 455. The largest absolute Gasteiger partial charge is 0.479 e. The predicted molar refractivity (Wildman–Crippen MR) is 79.8 cm³/mol. The van der Waals surface area contributed by atoms with E-state index in [1.807, 2.05) is 0 Å². The second-order valence-corrected chi connectivity index (χ2v) is 6.74. The van der Waals surface area contributed by atoms with Crippen LogP contribution in [0.5, 0.6) is 0 Å². The summed E-state index contributed by atoms with van der Waals surface area (Å²) in [7, 11) is 0. The van der Waals surface area contributed by atoms with E-state index < -0.39 is 18.0 Å². The Labute approximate surface area is 123 Å². The van der Waals surface area contributed by atoms with E-state index in [-0.39, 0.29) is 5.41 Å². The van der Waals surface area contributed by atoms with Crippen LogP contribution in [0.15, 0.2) is 17.5 Å². The van der Waals surface area contributed by atoms with Crippen molar-refractivity contribution in [3.05, 3.63) is 22.4 Å². The van der Waals surface area contributed by atoms with Crippen molar-refractivity contribution < 1.29 is 14.7 Å². The van der Waals surface area contributed by atoms with Gasteiger partial charge < -0.3 is 15.7 Å². The summed E-state index contributed by atoms with van der Waals surface area (Å²) in [6.45, 7) is 8.79. The molecule has 0 saturated carbocycles. The van der Waals surface area contributed by atoms with E-state index in [1.54, 1.807) is 17.5 Å². The van der Waals surface area contributed by atoms with Gasteiger partial charge in [-0.3, -0.25) is 0 Å². The number of carboxylic acids is 1. The molecule has 0 aromatic carbocycles. The molecule has 0 aliphatic carbocycles. The maximum Gasteiger partial charge on any atom is 0.331 e. The fraction of sp³-hybridized carbons (Fsp3) is 0.571. The monoisotopic (exact) mass is 298 g/mol. The molecule has 1 aromatic rings. The van der Waals surface area contributed by atoms with Crippen LogP contribution < -0.4 is 10.6 Å². The molecule has 1 unspecified atom stereocenters. The van der Waals surface area contributed by atoms with Gasteiger partial charge >= 0.3 is 12.0 Å². The van der Waals surface area contributed by atoms with Gasteiger partial charge in [0.05, 0.1) is 0 Å². The highest BCUT2D eigenvalue weighted by Crippen LogP contribution is 2.24. The van der Waals surface area contributed by atoms with Gasteiger partial charge in [0.1, 0.15) is 0 Å². The first-order chi connectivity index (χ1) is 9.24. The van der Waals surface area contributed by atoms with Crippen LogP contribution in [0.2, 0.25) is 0 Å². The molecule has 6 heteroatoms. The molecule has 1 heterocycles. The average Bonchev–Trinajstić information content (AvgIpc) is 2.86. The van der Waals surface area contributed by atoms with Crippen molar-refractivity contribution in [1.82, 2.24) is 10.6 Å². The molecule has 5 nitrogen and oxygen atoms in total. The molecule has 0 radical (unpaired) electrons. The molecule has 0 bridgehead atoms. The molecule has 0 aliphatic rings. The summed E-state index contributed by atoms with van der Waals surface area (Å²) in [5.41, 5.74) is -0.0427. The van der Waals surface area contributed by atoms with Gasteiger partial charge in [0.15, 0.2) is 6.04 Å². The zero-order chi connectivity index (χ0) is 15.3. The Balaban J connectivity index is 2.58. The van der Waals surface area contributed by atoms with Crippen molar-refractivity contribution in [2.75, 3.05) is 6.54 Å². The minimum atomic E-state index is -1.06. The highest BCUT2D eigenvalue weighted by molar-refractivity contribution is 7.10. The second kappa shape index (κ2) is 6.74. The van der Waals surface area contributed by atoms with Gasteiger partial charge in [-0.25, -0.2) is 9.59 Å². The summed E-state index contributed by atoms with van der Waals surface area (Å²) in [6.07, 6.45) is 0. The number of urea groups is 1. The van der Waals surface area contributed by atoms with Crippen LogP contribution in [0.25, 0.3) is 0 Å². The van der Waals surface area contributed by atoms with Crippen LogP contribution >= 0.6 is 11.3 Å². The molecule has 1 aromatic heterocycles. The number of thiophene rings is 1. The standard InChI is InChI=1S/C14H22N2O3S/c1-9(2)14(3,4)8-15-13(19)16-11(12(17)18)10-6-5-7-20-10/h5-7,9,11H,8H2,1-4H3,(H,17,18)(H2,15,16,19). The number of hydrogen-bond acceptors (Lipinski definition) is 3. The Kier molecular flexibility index (Phi) is 5.56. The van der Waals surface area contributed by atoms with E-state index in [0.29, 0.717) is 17.3 Å². The molecule has 1 atom stereocenters. The number of nitrogens with one attached hydrogen (secondary N) is 2. The fourth-order valence-corrected chi connectivity index (χ4v) is 2.17. The number of hydrogen-bond donors (Lipinski definition) is 3. The normalized spacial score (nSPS) is 13.1. The van der Waals surface area contributed by atoms with Crippen molar-refractivity contribution in [2.24, 2.45) is 11.3 Å². The van der Waals surface area contributed by atoms with Gasteiger partial charge in [0.2, 0.25) is 0 Å². The number of rotatable bonds is 6. The number of amides is 2. The molecule has 20 heavy (non-hydrogen) atoms. The molecule has 0 spiro atoms. The molecule has 0 fully saturated rings. The first-order valence-corrected chi connectivity index (χ1v) is 7.42. The van der Waals surface area contributed by atoms with E-state index >= 15 is 0 Å². The van der Waals surface area contributed by atoms with E-state index in [1.165, 1.54) is 11.3 Å². The van der Waals surface area contributed by atoms with Crippen LogP contribution in [-0.2, 0) is 4.79 Å². The maximum atomic E-state index is 11.8. The van der Waals surface area contributed by atoms with Crippen LogP contribution in [0.4, 0.5) is 4.79 Å². The first kappa shape index (κ1) is 16.5. The summed E-state index contributed by atoms with van der Waals surface area (Å²) >= 11 is 1.31. The van der Waals surface area contributed by atoms with E-state index in [4.69, 9.17) is 0 Å². The van der Waals surface area contributed by atoms with Gasteiger partial charge in [0.25, 0.3) is 0 Å². The summed E-state index contributed by atoms with van der Waals surface area (Å²) < 4.78 is 0. The summed E-state index contributed by atoms with van der Waals surface area (Å²) in [5, 5.41) is 16.2. The topological polar surface area (TPSA) is 78.4 Å². The number of aliphatic carboxylic acids is 1. The quantitative estimate of drug-likeness (QED) is 0.755. The molecule has 0 saturated heterocycles. The van der Waals surface area contributed by atoms with E-state index in [0.717, 1.165) is 0 Å². The molecule has 0 aliphatic heterocycles. The Hall–Kier alpha value is -1.56. The smallest absolute Gasteiger partial charge is 0.331 e. The zero-order valence-electron chi connectivity index (χ0n) is 12.3. The van der Waals surface area contributed by atoms with Crippen molar-refractivity contribution in [3.8, 4) is 0 Å². The summed E-state index contributed by atoms with van der Waals surface area (Å²) in [5.74, 6) is -0.652. The van der Waals surface area contributed by atoms with Gasteiger partial charge in [-0.2, -0.15) is 0 Å². The highest BCUT2D eigenvalue weighted by Gasteiger charge is 2.26. The van der Waals surface area contributed by atoms with Crippen molar-refractivity contribution in [1.29, 1.82) is 0 Å². The van der Waals surface area contributed by atoms with Crippen LogP contribution in [0, 0.1) is 11.3 Å². The van der Waals surface area contributed by atoms with Crippen LogP contribution in [0.3, 0.4) is 0 Å². The molecule has 1 rings (SSSR count). The fourth-order valence-electron chi connectivity index (χ4n) is 1.40. The molecular formula is C14H22N2O3S. The molecule has 2 amide bonds. The number of carbonyl (C=O) groups excluding carboxylic acids is 1. The van der Waals surface area contributed by atoms with Gasteiger partial charge in [-0.1, -0.05) is 33.8 Å². The lowest BCUT2D eigenvalue weighted by molar-refractivity contribution is -0.139. The molecular weight excluding hydrogens is 276 g/mol. The molecule has 3 N–H and O–H groups in total. The average molecular weight is 298 g/mol. The number of carbonyl (C=O) groups is 2. The van der Waals surface area contributed by atoms with Crippen molar-refractivity contribution >= 4 is 23.3 Å². The highest BCUT2D eigenvalue weighted by atomic mass is 32.1. The molecule has 112 valence electrons. The lowest BCUT2D eigenvalue weighted by Crippen LogP contribution is -2.45. The summed E-state index contributed by atoms with van der Waals surface area (Å²) in [4.78, 5) is 23.7.